The monoisotopic (exact) mass is 1400 g/mol. The number of phosphoric ester groups is 2. The molecule has 0 aromatic rings. The average molecular weight is 1400 g/mol. The fourth-order valence-corrected chi connectivity index (χ4v) is 13.3. The summed E-state index contributed by atoms with van der Waals surface area (Å²) in [6, 6.07) is 0. The molecule has 17 atom stereocenters. The fourth-order valence-electron chi connectivity index (χ4n) is 11.2. The van der Waals surface area contributed by atoms with Gasteiger partial charge in [0.1, 0.15) is 67.1 Å². The maximum Gasteiger partial charge on any atom is 0.483 e. The smallest absolute Gasteiger partial charge is 0.394 e. The second-order valence-corrected chi connectivity index (χ2v) is 29.9. The van der Waals surface area contributed by atoms with Crippen molar-refractivity contribution >= 4 is 15.6 Å². The van der Waals surface area contributed by atoms with Gasteiger partial charge in [0.15, 0.2) is 18.9 Å². The summed E-state index contributed by atoms with van der Waals surface area (Å²) in [6.45, 7) is 25.2. The summed E-state index contributed by atoms with van der Waals surface area (Å²) in [5.74, 6) is 0. The normalized spacial score (nSPS) is 29.6. The van der Waals surface area contributed by atoms with Crippen LogP contribution < -0.4 is 0 Å². The summed E-state index contributed by atoms with van der Waals surface area (Å²) < 4.78 is 67.5. The van der Waals surface area contributed by atoms with Crippen LogP contribution >= 0.6 is 15.6 Å². The van der Waals surface area contributed by atoms with Crippen LogP contribution in [0.15, 0.2) is 128 Å². The number of phosphoric acid groups is 2. The SMILES string of the molecule is CC(C)=CCC/C(C)=C\CC/C(C)=C\CC/C(C)=C\CC/C(C)=C\CC/C(C)=C\CC/C(C)=C\CC/C(C)=C\CC/C(C)=C\CC/C(C)=C\CC/C(C)=C\COP(=O)(O)OP(=O)(O)O[C@H]1O[C@H](CO)[C@H](O)[C@H](O[C@@H]2O[C@@H](C)[C@H](O[C@@H]3O[C@H](CO)[C@@H](O)[C@H](O)[C@@H]3O)[C@@H](O)[C@H]2O)[C@H]1O. The summed E-state index contributed by atoms with van der Waals surface area (Å²) in [4.78, 5) is 20.9. The van der Waals surface area contributed by atoms with E-state index in [4.69, 9.17) is 32.7 Å². The van der Waals surface area contributed by atoms with Gasteiger partial charge in [0, 0.05) is 0 Å². The second-order valence-electron chi connectivity index (χ2n) is 26.9. The molecule has 550 valence electrons. The van der Waals surface area contributed by atoms with Crippen molar-refractivity contribution < 1.29 is 102 Å². The molecular formula is C73H122O21P2. The van der Waals surface area contributed by atoms with E-state index in [1.54, 1.807) is 6.92 Å². The first-order valence-electron chi connectivity index (χ1n) is 34.4. The van der Waals surface area contributed by atoms with Crippen LogP contribution in [0.25, 0.3) is 0 Å². The molecule has 0 aliphatic carbocycles. The van der Waals surface area contributed by atoms with E-state index in [2.05, 4.69) is 141 Å². The van der Waals surface area contributed by atoms with Crippen LogP contribution in [-0.4, -0.2) is 168 Å². The largest absolute Gasteiger partial charge is 0.483 e. The number of aliphatic hydroxyl groups excluding tert-OH is 9. The first-order chi connectivity index (χ1) is 45.3. The van der Waals surface area contributed by atoms with Crippen LogP contribution in [-0.2, 0) is 46.2 Å². The van der Waals surface area contributed by atoms with Crippen molar-refractivity contribution in [3.05, 3.63) is 128 Å². The molecule has 0 radical (unpaired) electrons. The predicted molar refractivity (Wildman–Crippen MR) is 375 cm³/mol. The first kappa shape index (κ1) is 87.1. The van der Waals surface area contributed by atoms with Crippen molar-refractivity contribution in [1.29, 1.82) is 0 Å². The van der Waals surface area contributed by atoms with Gasteiger partial charge in [0.2, 0.25) is 0 Å². The zero-order valence-electron chi connectivity index (χ0n) is 59.7. The van der Waals surface area contributed by atoms with Gasteiger partial charge < -0.3 is 79.4 Å². The molecule has 0 amide bonds. The van der Waals surface area contributed by atoms with E-state index in [9.17, 15) is 64.9 Å². The quantitative estimate of drug-likeness (QED) is 0.0200. The Balaban J connectivity index is 1.31. The molecule has 0 bridgehead atoms. The Bertz CT molecular complexity index is 2770. The predicted octanol–water partition coefficient (Wildman–Crippen LogP) is 12.9. The molecule has 3 fully saturated rings. The lowest BCUT2D eigenvalue weighted by Gasteiger charge is -2.47. The van der Waals surface area contributed by atoms with Crippen LogP contribution in [0.2, 0.25) is 0 Å². The van der Waals surface area contributed by atoms with Crippen molar-refractivity contribution in [3.63, 3.8) is 0 Å². The third-order valence-corrected chi connectivity index (χ3v) is 20.1. The maximum atomic E-state index is 13.0. The minimum Gasteiger partial charge on any atom is -0.394 e. The summed E-state index contributed by atoms with van der Waals surface area (Å²) >= 11 is 0. The van der Waals surface area contributed by atoms with E-state index in [1.807, 2.05) is 0 Å². The van der Waals surface area contributed by atoms with Gasteiger partial charge >= 0.3 is 15.6 Å². The molecule has 0 saturated carbocycles. The Labute approximate surface area is 573 Å². The standard InChI is InChI=1S/C73H122O21P2/c1-48(2)24-14-25-49(3)26-15-27-50(4)28-16-29-51(5)30-17-31-52(6)32-18-33-53(7)34-19-35-54(8)36-20-37-55(9)38-21-39-56(10)40-22-41-57(11)42-23-43-58(12)44-45-87-95(83,84)94-96(85,86)93-73-68(82)70(63(77)61(47-75)90-73)92-71-67(81)65(79)69(59(13)88-71)91-72-66(80)64(78)62(76)60(46-74)89-72/h24,26,28,30,32,34,36,38,40,42,44,59-82H,14-23,25,27,29,31,33,35,37,39,41,43,45-47H2,1-13H3,(H,83,84)(H,85,86)/b49-26-,50-28-,51-30-,52-32-,53-34-,54-36-,55-38-,56-40-,57-42-,58-44-/t59-,60+,61+,62+,63-,64-,65-,66-,67+,68+,69-,70-,71-,72-,73+/m0/s1. The lowest BCUT2D eigenvalue weighted by atomic mass is 9.96. The van der Waals surface area contributed by atoms with Crippen LogP contribution in [0.5, 0.6) is 0 Å². The van der Waals surface area contributed by atoms with Gasteiger partial charge in [0.25, 0.3) is 0 Å². The Morgan fingerprint density at radius 2 is 0.656 bits per heavy atom. The molecule has 23 heteroatoms. The number of rotatable bonds is 43. The average Bonchev–Trinajstić information content (AvgIpc) is 0.784. The molecule has 96 heavy (non-hydrogen) atoms. The summed E-state index contributed by atoms with van der Waals surface area (Å²) in [7, 11) is -11.0. The lowest BCUT2D eigenvalue weighted by Crippen LogP contribution is -2.66. The van der Waals surface area contributed by atoms with E-state index >= 15 is 0 Å². The Kier molecular flexibility index (Phi) is 41.4. The molecule has 11 N–H and O–H groups in total. The van der Waals surface area contributed by atoms with Gasteiger partial charge in [-0.2, -0.15) is 4.31 Å². The van der Waals surface area contributed by atoms with Crippen LogP contribution in [0.1, 0.15) is 218 Å². The topological polar surface area (TPSA) is 331 Å². The van der Waals surface area contributed by atoms with E-state index < -0.39 is 128 Å². The van der Waals surface area contributed by atoms with Crippen LogP contribution in [0.3, 0.4) is 0 Å². The molecule has 3 aliphatic rings. The highest BCUT2D eigenvalue weighted by Gasteiger charge is 2.54. The molecule has 3 rings (SSSR count). The van der Waals surface area contributed by atoms with E-state index in [0.717, 1.165) is 121 Å². The number of allylic oxidation sites excluding steroid dienone is 21. The lowest BCUT2D eigenvalue weighted by molar-refractivity contribution is -0.373. The second kappa shape index (κ2) is 45.7. The summed E-state index contributed by atoms with van der Waals surface area (Å²) in [6.07, 6.45) is 18.6. The third kappa shape index (κ3) is 34.0. The highest BCUT2D eigenvalue weighted by molar-refractivity contribution is 7.61. The van der Waals surface area contributed by atoms with E-state index in [1.165, 1.54) is 68.7 Å². The highest BCUT2D eigenvalue weighted by atomic mass is 31.3. The molecular weight excluding hydrogens is 1270 g/mol. The van der Waals surface area contributed by atoms with Crippen molar-refractivity contribution in [2.45, 2.75) is 311 Å². The number of hydrogen-bond donors (Lipinski definition) is 11. The molecule has 3 aliphatic heterocycles. The van der Waals surface area contributed by atoms with Crippen molar-refractivity contribution in [1.82, 2.24) is 0 Å². The third-order valence-electron chi connectivity index (χ3n) is 17.5. The zero-order valence-corrected chi connectivity index (χ0v) is 61.5. The Hall–Kier alpha value is -3.16. The number of ether oxygens (including phenoxy) is 5. The molecule has 3 saturated heterocycles. The molecule has 0 aromatic carbocycles. The summed E-state index contributed by atoms with van der Waals surface area (Å²) in [5, 5.41) is 94.1. The fraction of sp³-hybridized carbons (Fsp3) is 0.699. The van der Waals surface area contributed by atoms with Gasteiger partial charge in [0.05, 0.1) is 25.9 Å². The molecule has 21 nitrogen and oxygen atoms in total. The maximum absolute atomic E-state index is 13.0. The molecule has 3 heterocycles. The van der Waals surface area contributed by atoms with Crippen LogP contribution in [0.4, 0.5) is 0 Å². The highest BCUT2D eigenvalue weighted by Crippen LogP contribution is 2.61. The van der Waals surface area contributed by atoms with Crippen molar-refractivity contribution in [3.8, 4) is 0 Å². The van der Waals surface area contributed by atoms with Crippen LogP contribution in [0, 0.1) is 0 Å². The van der Waals surface area contributed by atoms with Crippen molar-refractivity contribution in [2.24, 2.45) is 0 Å². The number of aliphatic hydroxyl groups is 9. The minimum absolute atomic E-state index is 0.496. The molecule has 0 spiro atoms. The van der Waals surface area contributed by atoms with Gasteiger partial charge in [-0.1, -0.05) is 128 Å². The Morgan fingerprint density at radius 3 is 1.01 bits per heavy atom. The number of hydrogen-bond acceptors (Lipinski definition) is 19. The summed E-state index contributed by atoms with van der Waals surface area (Å²) in [5.41, 5.74) is 15.1. The molecule has 2 unspecified atom stereocenters. The van der Waals surface area contributed by atoms with E-state index in [-0.39, 0.29) is 0 Å². The van der Waals surface area contributed by atoms with Crippen molar-refractivity contribution in [2.75, 3.05) is 19.8 Å². The molecule has 0 aromatic heterocycles. The minimum atomic E-state index is -5.67. The van der Waals surface area contributed by atoms with Gasteiger partial charge in [-0.3, -0.25) is 9.05 Å². The van der Waals surface area contributed by atoms with Gasteiger partial charge in [-0.15, -0.1) is 0 Å². The van der Waals surface area contributed by atoms with Gasteiger partial charge in [-0.25, -0.2) is 9.13 Å². The Morgan fingerprint density at radius 1 is 0.354 bits per heavy atom. The van der Waals surface area contributed by atoms with E-state index in [0.29, 0.717) is 12.8 Å². The zero-order chi connectivity index (χ0) is 71.7. The first-order valence-corrected chi connectivity index (χ1v) is 37.4. The van der Waals surface area contributed by atoms with Gasteiger partial charge in [-0.05, 0) is 218 Å².